The number of hydrogen-bond donors (Lipinski definition) is 0. The van der Waals surface area contributed by atoms with Crippen molar-refractivity contribution >= 4 is 5.78 Å². The third-order valence-corrected chi connectivity index (χ3v) is 3.45. The second-order valence-electron chi connectivity index (χ2n) is 7.16. The van der Waals surface area contributed by atoms with E-state index in [4.69, 9.17) is 4.74 Å². The summed E-state index contributed by atoms with van der Waals surface area (Å²) in [5, 5.41) is 0. The molecule has 0 saturated carbocycles. The molecule has 1 heterocycles. The lowest BCUT2D eigenvalue weighted by atomic mass is 9.72. The fourth-order valence-electron chi connectivity index (χ4n) is 2.09. The zero-order chi connectivity index (χ0) is 13.1. The van der Waals surface area contributed by atoms with Crippen LogP contribution in [0.1, 0.15) is 41.5 Å². The lowest BCUT2D eigenvalue weighted by Crippen LogP contribution is -2.34. The molecule has 1 atom stereocenters. The smallest absolute Gasteiger partial charge is 0.197 e. The van der Waals surface area contributed by atoms with E-state index in [9.17, 15) is 4.79 Å². The number of ketones is 1. The average Bonchev–Trinajstić information content (AvgIpc) is 2.87. The Kier molecular flexibility index (Phi) is 2.45. The van der Waals surface area contributed by atoms with Gasteiger partial charge < -0.3 is 4.74 Å². The molecule has 1 aliphatic heterocycles. The van der Waals surface area contributed by atoms with Crippen LogP contribution in [0.4, 0.5) is 0 Å². The van der Waals surface area contributed by atoms with E-state index in [-0.39, 0.29) is 16.6 Å². The molecule has 0 aromatic rings. The molecular weight excluding hydrogens is 212 g/mol. The van der Waals surface area contributed by atoms with E-state index in [1.54, 1.807) is 0 Å². The normalized spacial score (nSPS) is 29.2. The molecule has 2 rings (SSSR count). The maximum Gasteiger partial charge on any atom is 0.197 e. The molecule has 1 fully saturated rings. The predicted molar refractivity (Wildman–Crippen MR) is 68.8 cm³/mol. The fraction of sp³-hybridized carbons (Fsp3) is 0.667. The predicted octanol–water partition coefficient (Wildman–Crippen LogP) is 3.28. The first-order chi connectivity index (χ1) is 7.56. The Morgan fingerprint density at radius 1 is 1.12 bits per heavy atom. The van der Waals surface area contributed by atoms with E-state index in [1.165, 1.54) is 5.57 Å². The van der Waals surface area contributed by atoms with Gasteiger partial charge in [-0.05, 0) is 22.5 Å². The van der Waals surface area contributed by atoms with Gasteiger partial charge in [-0.2, -0.15) is 0 Å². The highest BCUT2D eigenvalue weighted by atomic mass is 16.6. The van der Waals surface area contributed by atoms with Crippen LogP contribution in [-0.2, 0) is 9.53 Å². The molecule has 17 heavy (non-hydrogen) atoms. The van der Waals surface area contributed by atoms with E-state index < -0.39 is 5.60 Å². The molecule has 0 aromatic carbocycles. The number of hydrogen-bond acceptors (Lipinski definition) is 2. The molecule has 2 heteroatoms. The summed E-state index contributed by atoms with van der Waals surface area (Å²) in [5.41, 5.74) is 1.40. The second kappa shape index (κ2) is 3.32. The quantitative estimate of drug-likeness (QED) is 0.602. The molecule has 0 radical (unpaired) electrons. The van der Waals surface area contributed by atoms with Crippen molar-refractivity contribution in [2.75, 3.05) is 6.61 Å². The van der Waals surface area contributed by atoms with E-state index in [0.717, 1.165) is 5.57 Å². The molecule has 0 N–H and O–H groups in total. The Bertz CT molecular complexity index is 421. The van der Waals surface area contributed by atoms with Gasteiger partial charge in [0.1, 0.15) is 0 Å². The summed E-state index contributed by atoms with van der Waals surface area (Å²) in [7, 11) is 0. The Morgan fingerprint density at radius 2 is 1.65 bits per heavy atom. The van der Waals surface area contributed by atoms with Crippen LogP contribution >= 0.6 is 0 Å². The number of epoxide rings is 1. The first-order valence-electron chi connectivity index (χ1n) is 6.21. The number of carbonyl (C=O) groups is 1. The van der Waals surface area contributed by atoms with Crippen LogP contribution in [0.25, 0.3) is 0 Å². The van der Waals surface area contributed by atoms with E-state index in [0.29, 0.717) is 6.61 Å². The second-order valence-corrected chi connectivity index (χ2v) is 7.16. The van der Waals surface area contributed by atoms with Crippen LogP contribution in [0.15, 0.2) is 23.3 Å². The molecule has 0 aromatic heterocycles. The fourth-order valence-corrected chi connectivity index (χ4v) is 2.09. The van der Waals surface area contributed by atoms with Crippen LogP contribution in [0, 0.1) is 10.8 Å². The van der Waals surface area contributed by atoms with Gasteiger partial charge in [0, 0.05) is 5.57 Å². The maximum absolute atomic E-state index is 12.4. The monoisotopic (exact) mass is 234 g/mol. The third kappa shape index (κ3) is 2.11. The van der Waals surface area contributed by atoms with Crippen molar-refractivity contribution < 1.29 is 9.53 Å². The first kappa shape index (κ1) is 12.6. The van der Waals surface area contributed by atoms with Gasteiger partial charge in [-0.15, -0.1) is 0 Å². The molecule has 2 aliphatic rings. The van der Waals surface area contributed by atoms with Crippen molar-refractivity contribution in [3.05, 3.63) is 23.3 Å². The minimum Gasteiger partial charge on any atom is -0.356 e. The van der Waals surface area contributed by atoms with Crippen LogP contribution < -0.4 is 0 Å². The zero-order valence-corrected chi connectivity index (χ0v) is 11.7. The summed E-state index contributed by atoms with van der Waals surface area (Å²) >= 11 is 0. The van der Waals surface area contributed by atoms with Gasteiger partial charge in [-0.3, -0.25) is 4.79 Å². The topological polar surface area (TPSA) is 29.6 Å². The molecule has 1 spiro atoms. The third-order valence-electron chi connectivity index (χ3n) is 3.45. The van der Waals surface area contributed by atoms with E-state index in [2.05, 4.69) is 47.6 Å². The standard InChI is InChI=1S/C15H22O2/c1-13(2,3)10-7-11(14(4,5)6)12(16)15(8-10)9-17-15/h7-8H,9H2,1-6H3. The Labute approximate surface area is 104 Å². The summed E-state index contributed by atoms with van der Waals surface area (Å²) < 4.78 is 5.43. The lowest BCUT2D eigenvalue weighted by Gasteiger charge is -2.31. The molecular formula is C15H22O2. The Hall–Kier alpha value is -0.890. The van der Waals surface area contributed by atoms with Gasteiger partial charge in [0.05, 0.1) is 6.61 Å². The molecule has 1 saturated heterocycles. The highest BCUT2D eigenvalue weighted by Crippen LogP contribution is 2.45. The number of Topliss-reactive ketones (excluding diaryl/α,β-unsaturated/α-hetero) is 1. The van der Waals surface area contributed by atoms with Crippen molar-refractivity contribution in [2.24, 2.45) is 10.8 Å². The van der Waals surface area contributed by atoms with E-state index in [1.807, 2.05) is 6.08 Å². The van der Waals surface area contributed by atoms with Gasteiger partial charge >= 0.3 is 0 Å². The minimum absolute atomic E-state index is 0.0517. The van der Waals surface area contributed by atoms with Crippen molar-refractivity contribution in [1.82, 2.24) is 0 Å². The molecule has 1 unspecified atom stereocenters. The number of carbonyl (C=O) groups excluding carboxylic acids is 1. The van der Waals surface area contributed by atoms with E-state index >= 15 is 0 Å². The average molecular weight is 234 g/mol. The summed E-state index contributed by atoms with van der Waals surface area (Å²) in [5.74, 6) is 0.151. The van der Waals surface area contributed by atoms with Crippen molar-refractivity contribution in [3.8, 4) is 0 Å². The van der Waals surface area contributed by atoms with Crippen LogP contribution in [0.2, 0.25) is 0 Å². The Morgan fingerprint density at radius 3 is 2.00 bits per heavy atom. The summed E-state index contributed by atoms with van der Waals surface area (Å²) in [6, 6.07) is 0. The summed E-state index contributed by atoms with van der Waals surface area (Å²) in [6.45, 7) is 13.3. The molecule has 94 valence electrons. The Balaban J connectivity index is 2.50. The molecule has 0 bridgehead atoms. The molecule has 1 aliphatic carbocycles. The van der Waals surface area contributed by atoms with Crippen LogP contribution in [-0.4, -0.2) is 18.0 Å². The van der Waals surface area contributed by atoms with Gasteiger partial charge in [-0.1, -0.05) is 47.6 Å². The summed E-state index contributed by atoms with van der Waals surface area (Å²) in [6.07, 6.45) is 4.08. The minimum atomic E-state index is -0.625. The molecule has 2 nitrogen and oxygen atoms in total. The van der Waals surface area contributed by atoms with Crippen molar-refractivity contribution in [2.45, 2.75) is 47.1 Å². The van der Waals surface area contributed by atoms with Gasteiger partial charge in [0.2, 0.25) is 0 Å². The lowest BCUT2D eigenvalue weighted by molar-refractivity contribution is -0.120. The number of rotatable bonds is 0. The SMILES string of the molecule is CC(C)(C)C1=CC2(CO2)C(=O)C(C(C)(C)C)=C1. The van der Waals surface area contributed by atoms with Gasteiger partial charge in [0.25, 0.3) is 0 Å². The highest BCUT2D eigenvalue weighted by Gasteiger charge is 2.54. The number of allylic oxidation sites excluding steroid dienone is 2. The largest absolute Gasteiger partial charge is 0.356 e. The van der Waals surface area contributed by atoms with Crippen molar-refractivity contribution in [3.63, 3.8) is 0 Å². The maximum atomic E-state index is 12.4. The van der Waals surface area contributed by atoms with Gasteiger partial charge in [0.15, 0.2) is 11.4 Å². The highest BCUT2D eigenvalue weighted by molar-refractivity contribution is 6.07. The zero-order valence-electron chi connectivity index (χ0n) is 11.7. The van der Waals surface area contributed by atoms with Crippen LogP contribution in [0.3, 0.4) is 0 Å². The summed E-state index contributed by atoms with van der Waals surface area (Å²) in [4.78, 5) is 12.4. The van der Waals surface area contributed by atoms with Crippen molar-refractivity contribution in [1.29, 1.82) is 0 Å². The van der Waals surface area contributed by atoms with Crippen LogP contribution in [0.5, 0.6) is 0 Å². The number of ether oxygens (including phenoxy) is 1. The van der Waals surface area contributed by atoms with Gasteiger partial charge in [-0.25, -0.2) is 0 Å². The first-order valence-corrected chi connectivity index (χ1v) is 6.21. The molecule has 0 amide bonds.